The van der Waals surface area contributed by atoms with E-state index in [2.05, 4.69) is 0 Å². The summed E-state index contributed by atoms with van der Waals surface area (Å²) in [5.41, 5.74) is 2.62. The highest BCUT2D eigenvalue weighted by molar-refractivity contribution is 6.30. The van der Waals surface area contributed by atoms with Crippen molar-refractivity contribution in [3.63, 3.8) is 0 Å². The fourth-order valence-electron chi connectivity index (χ4n) is 4.21. The topological polar surface area (TPSA) is 78.8 Å². The van der Waals surface area contributed by atoms with Gasteiger partial charge in [-0.25, -0.2) is 5.01 Å². The van der Waals surface area contributed by atoms with Gasteiger partial charge >= 0.3 is 0 Å². The molecule has 0 radical (unpaired) electrons. The van der Waals surface area contributed by atoms with E-state index in [4.69, 9.17) is 40.4 Å². The number of amides is 1. The van der Waals surface area contributed by atoms with Gasteiger partial charge in [0.1, 0.15) is 11.5 Å². The maximum atomic E-state index is 13.9. The van der Waals surface area contributed by atoms with Crippen LogP contribution in [0.2, 0.25) is 5.02 Å². The Morgan fingerprint density at radius 2 is 1.56 bits per heavy atom. The van der Waals surface area contributed by atoms with Crippen LogP contribution in [0.5, 0.6) is 28.7 Å². The standard InChI is InChI=1S/C27H27ClN2O6/c1-32-19-12-17(13-20(14-19)33-2)22-15-23(16-7-6-8-18(28)11-16)30(29-22)27(31)21-9-10-24(34-3)26(36-5)25(21)35-4/h6-14,23H,15H2,1-5H3. The Bertz CT molecular complexity index is 1290. The Hall–Kier alpha value is -3.91. The summed E-state index contributed by atoms with van der Waals surface area (Å²) in [5, 5.41) is 6.79. The van der Waals surface area contributed by atoms with Crippen molar-refractivity contribution in [2.75, 3.05) is 35.5 Å². The monoisotopic (exact) mass is 510 g/mol. The van der Waals surface area contributed by atoms with Crippen molar-refractivity contribution in [1.82, 2.24) is 5.01 Å². The first-order valence-corrected chi connectivity index (χ1v) is 11.5. The van der Waals surface area contributed by atoms with E-state index in [-0.39, 0.29) is 17.2 Å². The van der Waals surface area contributed by atoms with Gasteiger partial charge < -0.3 is 23.7 Å². The lowest BCUT2D eigenvalue weighted by Gasteiger charge is -2.24. The van der Waals surface area contributed by atoms with E-state index in [9.17, 15) is 4.79 Å². The van der Waals surface area contributed by atoms with Crippen LogP contribution in [0, 0.1) is 0 Å². The van der Waals surface area contributed by atoms with E-state index >= 15 is 0 Å². The molecule has 0 saturated carbocycles. The van der Waals surface area contributed by atoms with Gasteiger partial charge in [0.25, 0.3) is 5.91 Å². The molecule has 0 N–H and O–H groups in total. The van der Waals surface area contributed by atoms with Crippen LogP contribution in [-0.2, 0) is 0 Å². The molecule has 0 fully saturated rings. The van der Waals surface area contributed by atoms with Crippen molar-refractivity contribution in [2.45, 2.75) is 12.5 Å². The third kappa shape index (κ3) is 4.77. The summed E-state index contributed by atoms with van der Waals surface area (Å²) >= 11 is 6.30. The minimum atomic E-state index is -0.402. The molecule has 1 amide bonds. The summed E-state index contributed by atoms with van der Waals surface area (Å²) in [6, 6.07) is 15.8. The number of methoxy groups -OCH3 is 5. The second-order valence-electron chi connectivity index (χ2n) is 7.95. The van der Waals surface area contributed by atoms with Crippen molar-refractivity contribution in [1.29, 1.82) is 0 Å². The molecule has 0 spiro atoms. The van der Waals surface area contributed by atoms with Gasteiger partial charge in [0, 0.05) is 23.1 Å². The molecule has 0 bridgehead atoms. The third-order valence-corrected chi connectivity index (χ3v) is 6.21. The van der Waals surface area contributed by atoms with Crippen LogP contribution in [0.3, 0.4) is 0 Å². The van der Waals surface area contributed by atoms with Crippen molar-refractivity contribution >= 4 is 23.2 Å². The molecule has 0 aliphatic carbocycles. The average Bonchev–Trinajstić information content (AvgIpc) is 3.37. The molecule has 1 aliphatic heterocycles. The largest absolute Gasteiger partial charge is 0.497 e. The lowest BCUT2D eigenvalue weighted by atomic mass is 9.97. The second-order valence-corrected chi connectivity index (χ2v) is 8.39. The second kappa shape index (κ2) is 10.8. The van der Waals surface area contributed by atoms with E-state index in [1.165, 1.54) is 26.3 Å². The summed E-state index contributed by atoms with van der Waals surface area (Å²) in [6.45, 7) is 0. The quantitative estimate of drug-likeness (QED) is 0.405. The molecule has 4 rings (SSSR count). The molecule has 1 heterocycles. The fourth-order valence-corrected chi connectivity index (χ4v) is 4.41. The van der Waals surface area contributed by atoms with Gasteiger partial charge in [0.05, 0.1) is 52.9 Å². The van der Waals surface area contributed by atoms with Crippen LogP contribution < -0.4 is 23.7 Å². The Morgan fingerprint density at radius 1 is 0.861 bits per heavy atom. The highest BCUT2D eigenvalue weighted by atomic mass is 35.5. The van der Waals surface area contributed by atoms with Crippen LogP contribution in [0.4, 0.5) is 0 Å². The predicted molar refractivity (Wildman–Crippen MR) is 137 cm³/mol. The van der Waals surface area contributed by atoms with Crippen LogP contribution in [-0.4, -0.2) is 52.2 Å². The normalized spacial score (nSPS) is 14.8. The Kier molecular flexibility index (Phi) is 7.55. The first-order valence-electron chi connectivity index (χ1n) is 11.1. The predicted octanol–water partition coefficient (Wildman–Crippen LogP) is 5.37. The molecule has 0 aromatic heterocycles. The first kappa shape index (κ1) is 25.2. The number of hydrazone groups is 1. The zero-order chi connectivity index (χ0) is 25.8. The van der Waals surface area contributed by atoms with E-state index < -0.39 is 6.04 Å². The van der Waals surface area contributed by atoms with Crippen molar-refractivity contribution in [3.8, 4) is 28.7 Å². The van der Waals surface area contributed by atoms with Gasteiger partial charge in [-0.05, 0) is 42.0 Å². The molecular formula is C27H27ClN2O6. The van der Waals surface area contributed by atoms with Gasteiger partial charge in [-0.2, -0.15) is 5.10 Å². The number of carbonyl (C=O) groups excluding carboxylic acids is 1. The number of rotatable bonds is 8. The van der Waals surface area contributed by atoms with E-state index in [1.807, 2.05) is 30.3 Å². The molecule has 3 aromatic carbocycles. The summed E-state index contributed by atoms with van der Waals surface area (Å²) in [4.78, 5) is 13.9. The highest BCUT2D eigenvalue weighted by Gasteiger charge is 2.36. The van der Waals surface area contributed by atoms with Gasteiger partial charge in [0.15, 0.2) is 11.5 Å². The van der Waals surface area contributed by atoms with Gasteiger partial charge in [-0.1, -0.05) is 23.7 Å². The van der Waals surface area contributed by atoms with E-state index in [0.29, 0.717) is 40.2 Å². The summed E-state index contributed by atoms with van der Waals surface area (Å²) in [6.07, 6.45) is 0.456. The molecule has 1 aliphatic rings. The molecule has 8 nitrogen and oxygen atoms in total. The summed E-state index contributed by atoms with van der Waals surface area (Å²) < 4.78 is 27.3. The fraction of sp³-hybridized carbons (Fsp3) is 0.259. The number of hydrogen-bond donors (Lipinski definition) is 0. The molecule has 36 heavy (non-hydrogen) atoms. The minimum Gasteiger partial charge on any atom is -0.497 e. The molecular weight excluding hydrogens is 484 g/mol. The summed E-state index contributed by atoms with van der Waals surface area (Å²) in [5.74, 6) is 1.92. The smallest absolute Gasteiger partial charge is 0.278 e. The minimum absolute atomic E-state index is 0.262. The average molecular weight is 511 g/mol. The molecule has 3 aromatic rings. The highest BCUT2D eigenvalue weighted by Crippen LogP contribution is 2.42. The Labute approximate surface area is 214 Å². The molecule has 9 heteroatoms. The van der Waals surface area contributed by atoms with Crippen LogP contribution in [0.25, 0.3) is 0 Å². The zero-order valence-electron chi connectivity index (χ0n) is 20.7. The number of hydrogen-bond acceptors (Lipinski definition) is 7. The zero-order valence-corrected chi connectivity index (χ0v) is 21.5. The lowest BCUT2D eigenvalue weighted by molar-refractivity contribution is 0.0707. The van der Waals surface area contributed by atoms with Crippen LogP contribution >= 0.6 is 11.6 Å². The molecule has 188 valence electrons. The van der Waals surface area contributed by atoms with E-state index in [1.54, 1.807) is 38.5 Å². The maximum absolute atomic E-state index is 13.9. The van der Waals surface area contributed by atoms with E-state index in [0.717, 1.165) is 11.1 Å². The Morgan fingerprint density at radius 3 is 2.14 bits per heavy atom. The van der Waals surface area contributed by atoms with Crippen LogP contribution in [0.1, 0.15) is 33.9 Å². The van der Waals surface area contributed by atoms with Gasteiger partial charge in [-0.15, -0.1) is 0 Å². The lowest BCUT2D eigenvalue weighted by Crippen LogP contribution is -2.27. The maximum Gasteiger partial charge on any atom is 0.278 e. The number of ether oxygens (including phenoxy) is 5. The summed E-state index contributed by atoms with van der Waals surface area (Å²) in [7, 11) is 7.66. The number of carbonyl (C=O) groups is 1. The number of nitrogens with zero attached hydrogens (tertiary/aromatic N) is 2. The van der Waals surface area contributed by atoms with Crippen LogP contribution in [0.15, 0.2) is 59.7 Å². The third-order valence-electron chi connectivity index (χ3n) is 5.97. The van der Waals surface area contributed by atoms with Crippen molar-refractivity contribution < 1.29 is 28.5 Å². The SMILES string of the molecule is COc1cc(OC)cc(C2=NN(C(=O)c3ccc(OC)c(OC)c3OC)C(c3cccc(Cl)c3)C2)c1. The van der Waals surface area contributed by atoms with Crippen molar-refractivity contribution in [3.05, 3.63) is 76.3 Å². The molecule has 1 unspecified atom stereocenters. The molecule has 1 atom stereocenters. The number of benzene rings is 3. The first-order chi connectivity index (χ1) is 17.4. The van der Waals surface area contributed by atoms with Gasteiger partial charge in [0.2, 0.25) is 5.75 Å². The molecule has 0 saturated heterocycles. The van der Waals surface area contributed by atoms with Crippen molar-refractivity contribution in [2.24, 2.45) is 5.10 Å². The van der Waals surface area contributed by atoms with Gasteiger partial charge in [-0.3, -0.25) is 4.79 Å². The number of halogens is 1. The Balaban J connectivity index is 1.83.